The number of rotatable bonds is 5. The van der Waals surface area contributed by atoms with Crippen molar-refractivity contribution in [1.82, 2.24) is 0 Å². The maximum atomic E-state index is 11.9. The molecule has 0 aromatic heterocycles. The van der Waals surface area contributed by atoms with E-state index in [0.29, 0.717) is 17.1 Å². The van der Waals surface area contributed by atoms with Gasteiger partial charge in [0.25, 0.3) is 0 Å². The Balaban J connectivity index is 2.47. The van der Waals surface area contributed by atoms with Gasteiger partial charge >= 0.3 is 5.97 Å². The number of oxime groups is 1. The summed E-state index contributed by atoms with van der Waals surface area (Å²) in [6, 6.07) is 14.7. The van der Waals surface area contributed by atoms with E-state index >= 15 is 0 Å². The molecule has 0 aliphatic carbocycles. The molecule has 2 rings (SSSR count). The van der Waals surface area contributed by atoms with E-state index in [1.807, 2.05) is 49.4 Å². The van der Waals surface area contributed by atoms with E-state index in [4.69, 9.17) is 14.3 Å². The highest BCUT2D eigenvalue weighted by Crippen LogP contribution is 2.27. The minimum atomic E-state index is -0.594. The number of ether oxygens (including phenoxy) is 2. The van der Waals surface area contributed by atoms with Crippen LogP contribution in [0.5, 0.6) is 11.5 Å². The molecule has 114 valence electrons. The summed E-state index contributed by atoms with van der Waals surface area (Å²) in [7, 11) is 2.66. The molecular formula is C17H17NO4. The van der Waals surface area contributed by atoms with E-state index < -0.39 is 5.97 Å². The normalized spacial score (nSPS) is 11.0. The van der Waals surface area contributed by atoms with E-state index in [1.54, 1.807) is 6.07 Å². The van der Waals surface area contributed by atoms with Gasteiger partial charge in [-0.2, -0.15) is 0 Å². The topological polar surface area (TPSA) is 57.1 Å². The quantitative estimate of drug-likeness (QED) is 0.483. The predicted molar refractivity (Wildman–Crippen MR) is 83.3 cm³/mol. The highest BCUT2D eigenvalue weighted by atomic mass is 16.6. The largest absolute Gasteiger partial charge is 0.464 e. The van der Waals surface area contributed by atoms with Gasteiger partial charge in [-0.1, -0.05) is 29.4 Å². The summed E-state index contributed by atoms with van der Waals surface area (Å²) in [6.07, 6.45) is 0. The third kappa shape index (κ3) is 3.63. The molecule has 0 bridgehead atoms. The second-order valence-corrected chi connectivity index (χ2v) is 4.53. The molecule has 0 radical (unpaired) electrons. The molecule has 5 heteroatoms. The number of hydrogen-bond donors (Lipinski definition) is 0. The molecule has 0 atom stereocenters. The van der Waals surface area contributed by atoms with Crippen molar-refractivity contribution in [3.63, 3.8) is 0 Å². The zero-order chi connectivity index (χ0) is 15.9. The van der Waals surface area contributed by atoms with E-state index in [9.17, 15) is 4.79 Å². The van der Waals surface area contributed by atoms with Crippen LogP contribution < -0.4 is 4.74 Å². The van der Waals surface area contributed by atoms with Crippen LogP contribution in [-0.2, 0) is 14.4 Å². The molecule has 0 fully saturated rings. The Hall–Kier alpha value is -2.82. The fourth-order valence-corrected chi connectivity index (χ4v) is 1.91. The molecule has 0 N–H and O–H groups in total. The summed E-state index contributed by atoms with van der Waals surface area (Å²) < 4.78 is 10.6. The fraction of sp³-hybridized carbons (Fsp3) is 0.176. The Bertz CT molecular complexity index is 680. The zero-order valence-electron chi connectivity index (χ0n) is 12.7. The van der Waals surface area contributed by atoms with Crippen LogP contribution in [0.25, 0.3) is 0 Å². The summed E-state index contributed by atoms with van der Waals surface area (Å²) >= 11 is 0. The maximum absolute atomic E-state index is 11.9. The smallest absolute Gasteiger partial charge is 0.360 e. The first-order valence-corrected chi connectivity index (χ1v) is 6.69. The van der Waals surface area contributed by atoms with Crippen molar-refractivity contribution in [3.05, 3.63) is 59.7 Å². The Labute approximate surface area is 129 Å². The molecule has 0 heterocycles. The first kappa shape index (κ1) is 15.6. The maximum Gasteiger partial charge on any atom is 0.360 e. The zero-order valence-corrected chi connectivity index (χ0v) is 12.7. The monoisotopic (exact) mass is 299 g/mol. The molecule has 0 aliphatic rings. The number of methoxy groups -OCH3 is 1. The first-order valence-electron chi connectivity index (χ1n) is 6.69. The molecule has 22 heavy (non-hydrogen) atoms. The molecule has 0 amide bonds. The van der Waals surface area contributed by atoms with Gasteiger partial charge in [-0.3, -0.25) is 0 Å². The van der Waals surface area contributed by atoms with Crippen molar-refractivity contribution in [1.29, 1.82) is 0 Å². The molecule has 5 nitrogen and oxygen atoms in total. The van der Waals surface area contributed by atoms with Crippen LogP contribution in [0.3, 0.4) is 0 Å². The number of esters is 1. The summed E-state index contributed by atoms with van der Waals surface area (Å²) in [5, 5.41) is 3.76. The third-order valence-electron chi connectivity index (χ3n) is 2.92. The molecule has 0 unspecified atom stereocenters. The molecule has 0 spiro atoms. The lowest BCUT2D eigenvalue weighted by molar-refractivity contribution is -0.132. The molecule has 2 aromatic rings. The van der Waals surface area contributed by atoms with Crippen molar-refractivity contribution < 1.29 is 19.1 Å². The van der Waals surface area contributed by atoms with Crippen LogP contribution >= 0.6 is 0 Å². The van der Waals surface area contributed by atoms with E-state index in [0.717, 1.165) is 5.56 Å². The average Bonchev–Trinajstić information content (AvgIpc) is 2.54. The summed E-state index contributed by atoms with van der Waals surface area (Å²) in [5.41, 5.74) is 1.55. The van der Waals surface area contributed by atoms with Gasteiger partial charge in [0.1, 0.15) is 18.6 Å². The number of hydrogen-bond acceptors (Lipinski definition) is 5. The van der Waals surface area contributed by atoms with Crippen molar-refractivity contribution in [2.45, 2.75) is 6.92 Å². The van der Waals surface area contributed by atoms with Crippen molar-refractivity contribution in [2.24, 2.45) is 5.16 Å². The van der Waals surface area contributed by atoms with Crippen LogP contribution in [0.2, 0.25) is 0 Å². The second kappa shape index (κ2) is 7.26. The predicted octanol–water partition coefficient (Wildman–Crippen LogP) is 3.31. The molecule has 0 aliphatic heterocycles. The van der Waals surface area contributed by atoms with Gasteiger partial charge in [-0.25, -0.2) is 4.79 Å². The van der Waals surface area contributed by atoms with Crippen LogP contribution in [-0.4, -0.2) is 25.9 Å². The number of carbonyl (C=O) groups is 1. The van der Waals surface area contributed by atoms with Gasteiger partial charge in [0.05, 0.1) is 12.7 Å². The summed E-state index contributed by atoms with van der Waals surface area (Å²) in [4.78, 5) is 16.7. The highest BCUT2D eigenvalue weighted by Gasteiger charge is 2.20. The summed E-state index contributed by atoms with van der Waals surface area (Å²) in [5.74, 6) is 0.576. The third-order valence-corrected chi connectivity index (χ3v) is 2.92. The average molecular weight is 299 g/mol. The van der Waals surface area contributed by atoms with E-state index in [1.165, 1.54) is 14.2 Å². The second-order valence-electron chi connectivity index (χ2n) is 4.53. The Morgan fingerprint density at radius 1 is 1.05 bits per heavy atom. The van der Waals surface area contributed by atoms with E-state index in [-0.39, 0.29) is 5.71 Å². The van der Waals surface area contributed by atoms with Gasteiger partial charge in [0, 0.05) is 0 Å². The summed E-state index contributed by atoms with van der Waals surface area (Å²) in [6.45, 7) is 1.94. The number of nitrogens with zero attached hydrogens (tertiary/aromatic N) is 1. The van der Waals surface area contributed by atoms with Crippen LogP contribution in [0.15, 0.2) is 53.7 Å². The standard InChI is InChI=1S/C17H17NO4/c1-12-9-10-14(16(18-21-3)17(19)20-2)15(11-12)22-13-7-5-4-6-8-13/h4-11H,1-3H3. The van der Waals surface area contributed by atoms with Crippen molar-refractivity contribution in [2.75, 3.05) is 14.2 Å². The SMILES string of the molecule is CON=C(C(=O)OC)c1ccc(C)cc1Oc1ccccc1. The lowest BCUT2D eigenvalue weighted by Gasteiger charge is -2.12. The lowest BCUT2D eigenvalue weighted by atomic mass is 10.1. The van der Waals surface area contributed by atoms with Gasteiger partial charge < -0.3 is 14.3 Å². The number of aryl methyl sites for hydroxylation is 1. The molecule has 0 saturated heterocycles. The van der Waals surface area contributed by atoms with Crippen LogP contribution in [0.4, 0.5) is 0 Å². The van der Waals surface area contributed by atoms with Gasteiger partial charge in [0.2, 0.25) is 0 Å². The van der Waals surface area contributed by atoms with E-state index in [2.05, 4.69) is 5.16 Å². The minimum absolute atomic E-state index is 0.0518. The van der Waals surface area contributed by atoms with Gasteiger partial charge in [-0.05, 0) is 36.8 Å². The first-order chi connectivity index (χ1) is 10.7. The number of benzene rings is 2. The van der Waals surface area contributed by atoms with Crippen molar-refractivity contribution in [3.8, 4) is 11.5 Å². The van der Waals surface area contributed by atoms with Crippen molar-refractivity contribution >= 4 is 11.7 Å². The molecule has 2 aromatic carbocycles. The Kier molecular flexibility index (Phi) is 5.14. The fourth-order valence-electron chi connectivity index (χ4n) is 1.91. The Morgan fingerprint density at radius 3 is 2.41 bits per heavy atom. The molecular weight excluding hydrogens is 282 g/mol. The van der Waals surface area contributed by atoms with Gasteiger partial charge in [-0.15, -0.1) is 0 Å². The lowest BCUT2D eigenvalue weighted by Crippen LogP contribution is -2.18. The number of para-hydroxylation sites is 1. The van der Waals surface area contributed by atoms with Crippen LogP contribution in [0, 0.1) is 6.92 Å². The Morgan fingerprint density at radius 2 is 1.77 bits per heavy atom. The number of carbonyl (C=O) groups excluding carboxylic acids is 1. The van der Waals surface area contributed by atoms with Crippen LogP contribution in [0.1, 0.15) is 11.1 Å². The minimum Gasteiger partial charge on any atom is -0.464 e. The van der Waals surface area contributed by atoms with Gasteiger partial charge in [0.15, 0.2) is 5.71 Å². The highest BCUT2D eigenvalue weighted by molar-refractivity contribution is 6.43. The molecule has 0 saturated carbocycles.